The van der Waals surface area contributed by atoms with E-state index in [1.165, 1.54) is 31.4 Å². The minimum Gasteiger partial charge on any atom is -0.388 e. The normalized spacial score (nSPS) is 28.2. The van der Waals surface area contributed by atoms with Crippen molar-refractivity contribution in [3.63, 3.8) is 0 Å². The molecule has 0 radical (unpaired) electrons. The van der Waals surface area contributed by atoms with Crippen LogP contribution in [0.5, 0.6) is 0 Å². The van der Waals surface area contributed by atoms with Gasteiger partial charge < -0.3 is 5.11 Å². The maximum absolute atomic E-state index is 13.1. The lowest BCUT2D eigenvalue weighted by atomic mass is 9.93. The zero-order valence-electron chi connectivity index (χ0n) is 9.32. The Bertz CT molecular complexity index is 397. The highest BCUT2D eigenvalue weighted by Gasteiger charge is 2.49. The zero-order chi connectivity index (χ0) is 11.2. The maximum Gasteiger partial charge on any atom is 0.123 e. The smallest absolute Gasteiger partial charge is 0.123 e. The second-order valence-corrected chi connectivity index (χ2v) is 5.50. The molecule has 0 heterocycles. The van der Waals surface area contributed by atoms with Crippen LogP contribution in [-0.2, 0) is 0 Å². The molecule has 2 heteroatoms. The summed E-state index contributed by atoms with van der Waals surface area (Å²) in [6, 6.07) is 6.39. The molecule has 2 aliphatic rings. The third kappa shape index (κ3) is 1.75. The Labute approximate surface area is 95.3 Å². The van der Waals surface area contributed by atoms with Crippen LogP contribution in [-0.4, -0.2) is 5.11 Å². The van der Waals surface area contributed by atoms with Gasteiger partial charge in [-0.25, -0.2) is 4.39 Å². The molecule has 0 aromatic heterocycles. The van der Waals surface area contributed by atoms with Crippen molar-refractivity contribution in [3.05, 3.63) is 35.6 Å². The molecule has 1 N–H and O–H groups in total. The lowest BCUT2D eigenvalue weighted by Gasteiger charge is -2.18. The topological polar surface area (TPSA) is 20.2 Å². The van der Waals surface area contributed by atoms with E-state index >= 15 is 0 Å². The largest absolute Gasteiger partial charge is 0.388 e. The van der Waals surface area contributed by atoms with Crippen molar-refractivity contribution >= 4 is 0 Å². The molecule has 2 aliphatic carbocycles. The second kappa shape index (κ2) is 3.56. The van der Waals surface area contributed by atoms with Crippen molar-refractivity contribution < 1.29 is 9.50 Å². The van der Waals surface area contributed by atoms with E-state index in [1.54, 1.807) is 6.07 Å². The van der Waals surface area contributed by atoms with Gasteiger partial charge in [0.05, 0.1) is 6.10 Å². The fourth-order valence-electron chi connectivity index (χ4n) is 3.12. The molecule has 2 fully saturated rings. The summed E-state index contributed by atoms with van der Waals surface area (Å²) in [4.78, 5) is 0. The average molecular weight is 220 g/mol. The van der Waals surface area contributed by atoms with Gasteiger partial charge in [0.15, 0.2) is 0 Å². The predicted molar refractivity (Wildman–Crippen MR) is 60.4 cm³/mol. The molecule has 0 amide bonds. The number of halogens is 1. The van der Waals surface area contributed by atoms with Crippen molar-refractivity contribution in [2.75, 3.05) is 0 Å². The first-order chi connectivity index (χ1) is 7.69. The van der Waals surface area contributed by atoms with Gasteiger partial charge >= 0.3 is 0 Å². The van der Waals surface area contributed by atoms with Crippen molar-refractivity contribution in [1.82, 2.24) is 0 Å². The Morgan fingerprint density at radius 1 is 1.31 bits per heavy atom. The predicted octanol–water partition coefficient (Wildman–Crippen LogP) is 3.44. The van der Waals surface area contributed by atoms with Gasteiger partial charge in [0, 0.05) is 0 Å². The highest BCUT2D eigenvalue weighted by molar-refractivity contribution is 5.20. The molecular weight excluding hydrogens is 203 g/mol. The summed E-state index contributed by atoms with van der Waals surface area (Å²) in [5.41, 5.74) is 1.31. The Balaban J connectivity index is 1.75. The molecule has 0 saturated heterocycles. The summed E-state index contributed by atoms with van der Waals surface area (Å²) < 4.78 is 13.1. The fourth-order valence-corrected chi connectivity index (χ4v) is 3.12. The molecule has 0 aliphatic heterocycles. The van der Waals surface area contributed by atoms with Gasteiger partial charge in [-0.2, -0.15) is 0 Å². The van der Waals surface area contributed by atoms with Crippen LogP contribution in [0.2, 0.25) is 0 Å². The Kier molecular flexibility index (Phi) is 2.28. The lowest BCUT2D eigenvalue weighted by Crippen LogP contribution is -2.10. The summed E-state index contributed by atoms with van der Waals surface area (Å²) in [6.45, 7) is 0. The first kappa shape index (κ1) is 10.3. The SMILES string of the molecule is O[C@@H](c1cccc(F)c1)[C@H]1CCC2(CC2)C1. The van der Waals surface area contributed by atoms with Gasteiger partial charge in [-0.05, 0) is 61.1 Å². The van der Waals surface area contributed by atoms with E-state index in [9.17, 15) is 9.50 Å². The van der Waals surface area contributed by atoms with Crippen LogP contribution in [0.3, 0.4) is 0 Å². The maximum atomic E-state index is 13.1. The van der Waals surface area contributed by atoms with E-state index in [0.717, 1.165) is 18.4 Å². The Morgan fingerprint density at radius 3 is 2.75 bits per heavy atom. The van der Waals surface area contributed by atoms with Gasteiger partial charge in [-0.15, -0.1) is 0 Å². The van der Waals surface area contributed by atoms with E-state index in [4.69, 9.17) is 0 Å². The highest BCUT2D eigenvalue weighted by Crippen LogP contribution is 2.61. The molecule has 1 spiro atoms. The van der Waals surface area contributed by atoms with Gasteiger partial charge in [0.1, 0.15) is 5.82 Å². The van der Waals surface area contributed by atoms with E-state index in [2.05, 4.69) is 0 Å². The number of hydrogen-bond acceptors (Lipinski definition) is 1. The molecule has 1 aromatic rings. The number of hydrogen-bond donors (Lipinski definition) is 1. The molecule has 16 heavy (non-hydrogen) atoms. The number of rotatable bonds is 2. The lowest BCUT2D eigenvalue weighted by molar-refractivity contribution is 0.108. The minimum absolute atomic E-state index is 0.254. The summed E-state index contributed by atoms with van der Waals surface area (Å²) in [5.74, 6) is 0.0833. The quantitative estimate of drug-likeness (QED) is 0.809. The third-order valence-electron chi connectivity index (χ3n) is 4.33. The molecule has 1 aromatic carbocycles. The summed E-state index contributed by atoms with van der Waals surface area (Å²) in [5, 5.41) is 10.2. The molecule has 3 rings (SSSR count). The number of aliphatic hydroxyl groups is 1. The molecule has 2 saturated carbocycles. The second-order valence-electron chi connectivity index (χ2n) is 5.50. The van der Waals surface area contributed by atoms with Crippen molar-refractivity contribution in [2.45, 2.75) is 38.2 Å². The highest BCUT2D eigenvalue weighted by atomic mass is 19.1. The molecule has 0 bridgehead atoms. The zero-order valence-corrected chi connectivity index (χ0v) is 9.32. The van der Waals surface area contributed by atoms with Crippen LogP contribution in [0.1, 0.15) is 43.8 Å². The van der Waals surface area contributed by atoms with Gasteiger partial charge in [0.2, 0.25) is 0 Å². The molecule has 0 unspecified atom stereocenters. The minimum atomic E-state index is -0.476. The van der Waals surface area contributed by atoms with Gasteiger partial charge in [-0.1, -0.05) is 12.1 Å². The molecular formula is C14H17FO. The molecule has 2 atom stereocenters. The van der Waals surface area contributed by atoms with Gasteiger partial charge in [-0.3, -0.25) is 0 Å². The Hall–Kier alpha value is -0.890. The van der Waals surface area contributed by atoms with E-state index in [-0.39, 0.29) is 5.82 Å². The van der Waals surface area contributed by atoms with Crippen molar-refractivity contribution in [2.24, 2.45) is 11.3 Å². The van der Waals surface area contributed by atoms with Crippen LogP contribution in [0.15, 0.2) is 24.3 Å². The number of aliphatic hydroxyl groups excluding tert-OH is 1. The summed E-state index contributed by atoms with van der Waals surface area (Å²) in [7, 11) is 0. The standard InChI is InChI=1S/C14H17FO/c15-12-3-1-2-10(8-12)13(16)11-4-5-14(9-11)6-7-14/h1-3,8,11,13,16H,4-7,9H2/t11-,13-/m0/s1. The van der Waals surface area contributed by atoms with E-state index in [1.807, 2.05) is 6.07 Å². The fraction of sp³-hybridized carbons (Fsp3) is 0.571. The van der Waals surface area contributed by atoms with Crippen LogP contribution in [0.25, 0.3) is 0 Å². The molecule has 1 nitrogen and oxygen atoms in total. The summed E-state index contributed by atoms with van der Waals surface area (Å²) >= 11 is 0. The van der Waals surface area contributed by atoms with E-state index in [0.29, 0.717) is 11.3 Å². The first-order valence-corrected chi connectivity index (χ1v) is 6.12. The van der Waals surface area contributed by atoms with Gasteiger partial charge in [0.25, 0.3) is 0 Å². The number of benzene rings is 1. The summed E-state index contributed by atoms with van der Waals surface area (Å²) in [6.07, 6.45) is 5.67. The third-order valence-corrected chi connectivity index (χ3v) is 4.33. The molecule has 86 valence electrons. The van der Waals surface area contributed by atoms with Crippen LogP contribution < -0.4 is 0 Å². The van der Waals surface area contributed by atoms with Crippen LogP contribution in [0.4, 0.5) is 4.39 Å². The van der Waals surface area contributed by atoms with Crippen LogP contribution in [0, 0.1) is 17.2 Å². The monoisotopic (exact) mass is 220 g/mol. The average Bonchev–Trinajstić information content (AvgIpc) is 2.88. The van der Waals surface area contributed by atoms with E-state index < -0.39 is 6.10 Å². The first-order valence-electron chi connectivity index (χ1n) is 6.12. The van der Waals surface area contributed by atoms with Crippen molar-refractivity contribution in [3.8, 4) is 0 Å². The van der Waals surface area contributed by atoms with Crippen LogP contribution >= 0.6 is 0 Å². The Morgan fingerprint density at radius 2 is 2.12 bits per heavy atom. The van der Waals surface area contributed by atoms with Crippen molar-refractivity contribution in [1.29, 1.82) is 0 Å².